The molecule has 0 saturated carbocycles. The van der Waals surface area contributed by atoms with E-state index in [0.717, 1.165) is 16.4 Å². The zero-order valence-corrected chi connectivity index (χ0v) is 13.7. The number of rotatable bonds is 4. The Morgan fingerprint density at radius 2 is 2.17 bits per heavy atom. The predicted molar refractivity (Wildman–Crippen MR) is 84.9 cm³/mol. The van der Waals surface area contributed by atoms with Gasteiger partial charge in [0.2, 0.25) is 0 Å². The molecule has 96 valence electrons. The first-order valence-electron chi connectivity index (χ1n) is 5.93. The van der Waals surface area contributed by atoms with Crippen molar-refractivity contribution in [2.75, 3.05) is 7.05 Å². The van der Waals surface area contributed by atoms with Gasteiger partial charge in [0.1, 0.15) is 10.0 Å². The number of hydrogen-bond acceptors (Lipinski definition) is 4. The van der Waals surface area contributed by atoms with Gasteiger partial charge in [0.15, 0.2) is 0 Å². The Hall–Kier alpha value is -0.530. The Morgan fingerprint density at radius 1 is 1.39 bits per heavy atom. The van der Waals surface area contributed by atoms with Crippen molar-refractivity contribution in [2.45, 2.75) is 26.3 Å². The van der Waals surface area contributed by atoms with E-state index in [-0.39, 0.29) is 0 Å². The molecule has 0 saturated heterocycles. The molecule has 2 aromatic rings. The first-order valence-corrected chi connectivity index (χ1v) is 7.83. The van der Waals surface area contributed by atoms with Gasteiger partial charge in [-0.3, -0.25) is 0 Å². The third kappa shape index (κ3) is 2.73. The van der Waals surface area contributed by atoms with Crippen LogP contribution in [0.2, 0.25) is 0 Å². The van der Waals surface area contributed by atoms with E-state index in [1.165, 1.54) is 14.7 Å². The second-order valence-corrected chi connectivity index (χ2v) is 6.22. The fourth-order valence-electron chi connectivity index (χ4n) is 1.80. The van der Waals surface area contributed by atoms with Crippen molar-refractivity contribution < 1.29 is 0 Å². The zero-order chi connectivity index (χ0) is 13.1. The van der Waals surface area contributed by atoms with Crippen LogP contribution in [0, 0.1) is 10.5 Å². The van der Waals surface area contributed by atoms with Crippen LogP contribution in [0.1, 0.15) is 30.0 Å². The SMILES string of the molecule is CCC(NC)c1nnc(-c2cccc(C)c2I)s1. The highest BCUT2D eigenvalue weighted by atomic mass is 127. The monoisotopic (exact) mass is 373 g/mol. The fraction of sp³-hybridized carbons (Fsp3) is 0.385. The smallest absolute Gasteiger partial charge is 0.148 e. The highest BCUT2D eigenvalue weighted by Gasteiger charge is 2.15. The summed E-state index contributed by atoms with van der Waals surface area (Å²) in [7, 11) is 1.96. The van der Waals surface area contributed by atoms with E-state index in [0.29, 0.717) is 6.04 Å². The van der Waals surface area contributed by atoms with E-state index in [9.17, 15) is 0 Å². The van der Waals surface area contributed by atoms with Gasteiger partial charge in [0, 0.05) is 9.13 Å². The van der Waals surface area contributed by atoms with E-state index in [2.05, 4.69) is 70.2 Å². The summed E-state index contributed by atoms with van der Waals surface area (Å²) in [6.45, 7) is 4.27. The lowest BCUT2D eigenvalue weighted by Gasteiger charge is -2.08. The average Bonchev–Trinajstić information content (AvgIpc) is 2.84. The molecule has 2 rings (SSSR count). The summed E-state index contributed by atoms with van der Waals surface area (Å²) in [5, 5.41) is 14.0. The van der Waals surface area contributed by atoms with Gasteiger partial charge in [0.25, 0.3) is 0 Å². The van der Waals surface area contributed by atoms with E-state index >= 15 is 0 Å². The van der Waals surface area contributed by atoms with Gasteiger partial charge in [-0.25, -0.2) is 0 Å². The van der Waals surface area contributed by atoms with Crippen molar-refractivity contribution in [1.29, 1.82) is 0 Å². The molecule has 0 radical (unpaired) electrons. The first-order chi connectivity index (χ1) is 8.67. The maximum Gasteiger partial charge on any atom is 0.148 e. The summed E-state index contributed by atoms with van der Waals surface area (Å²) in [6, 6.07) is 6.61. The minimum atomic E-state index is 0.304. The molecule has 0 spiro atoms. The van der Waals surface area contributed by atoms with Crippen molar-refractivity contribution in [1.82, 2.24) is 15.5 Å². The average molecular weight is 373 g/mol. The predicted octanol–water partition coefficient (Wildman–Crippen LogP) is 3.79. The van der Waals surface area contributed by atoms with Crippen LogP contribution in [0.5, 0.6) is 0 Å². The van der Waals surface area contributed by atoms with Gasteiger partial charge in [-0.2, -0.15) is 0 Å². The van der Waals surface area contributed by atoms with E-state index in [1.54, 1.807) is 11.3 Å². The molecule has 18 heavy (non-hydrogen) atoms. The van der Waals surface area contributed by atoms with E-state index < -0.39 is 0 Å². The molecule has 5 heteroatoms. The lowest BCUT2D eigenvalue weighted by Crippen LogP contribution is -2.14. The molecule has 1 heterocycles. The van der Waals surface area contributed by atoms with Gasteiger partial charge >= 0.3 is 0 Å². The van der Waals surface area contributed by atoms with Crippen molar-refractivity contribution in [3.8, 4) is 10.6 Å². The number of nitrogens with zero attached hydrogens (tertiary/aromatic N) is 2. The molecule has 0 fully saturated rings. The zero-order valence-electron chi connectivity index (χ0n) is 10.7. The van der Waals surface area contributed by atoms with Gasteiger partial charge in [-0.1, -0.05) is 36.5 Å². The molecule has 1 aromatic heterocycles. The van der Waals surface area contributed by atoms with Gasteiger partial charge < -0.3 is 5.32 Å². The van der Waals surface area contributed by atoms with E-state index in [4.69, 9.17) is 0 Å². The summed E-state index contributed by atoms with van der Waals surface area (Å²) < 4.78 is 1.26. The van der Waals surface area contributed by atoms with Crippen LogP contribution < -0.4 is 5.32 Å². The number of aryl methyl sites for hydroxylation is 1. The molecule has 1 aromatic carbocycles. The molecule has 1 N–H and O–H groups in total. The minimum absolute atomic E-state index is 0.304. The number of aromatic nitrogens is 2. The number of benzene rings is 1. The molecule has 0 aliphatic heterocycles. The Morgan fingerprint density at radius 3 is 2.83 bits per heavy atom. The standard InChI is InChI=1S/C13H16IN3S/c1-4-10(15-3)13-17-16-12(18-13)9-7-5-6-8(2)11(9)14/h5-7,10,15H,4H2,1-3H3. The summed E-state index contributed by atoms with van der Waals surface area (Å²) >= 11 is 4.05. The summed E-state index contributed by atoms with van der Waals surface area (Å²) in [4.78, 5) is 0. The largest absolute Gasteiger partial charge is 0.311 e. The van der Waals surface area contributed by atoms with Crippen LogP contribution in [0.25, 0.3) is 10.6 Å². The second-order valence-electron chi connectivity index (χ2n) is 4.13. The molecule has 0 aliphatic rings. The Balaban J connectivity index is 2.38. The van der Waals surface area contributed by atoms with Crippen LogP contribution in [0.3, 0.4) is 0 Å². The molecule has 1 atom stereocenters. The molecular formula is C13H16IN3S. The van der Waals surface area contributed by atoms with E-state index in [1.807, 2.05) is 7.05 Å². The van der Waals surface area contributed by atoms with Gasteiger partial charge in [-0.15, -0.1) is 10.2 Å². The maximum atomic E-state index is 4.33. The quantitative estimate of drug-likeness (QED) is 0.829. The van der Waals surface area contributed by atoms with Crippen LogP contribution in [0.4, 0.5) is 0 Å². The van der Waals surface area contributed by atoms with Crippen LogP contribution in [0.15, 0.2) is 18.2 Å². The minimum Gasteiger partial charge on any atom is -0.311 e. The van der Waals surface area contributed by atoms with Crippen molar-refractivity contribution in [3.05, 3.63) is 32.3 Å². The maximum absolute atomic E-state index is 4.33. The Labute approximate surface area is 125 Å². The van der Waals surface area contributed by atoms with Crippen LogP contribution in [-0.2, 0) is 0 Å². The lowest BCUT2D eigenvalue weighted by molar-refractivity contribution is 0.568. The molecular weight excluding hydrogens is 357 g/mol. The molecule has 3 nitrogen and oxygen atoms in total. The molecule has 0 aliphatic carbocycles. The summed E-state index contributed by atoms with van der Waals surface area (Å²) in [6.07, 6.45) is 1.02. The highest BCUT2D eigenvalue weighted by Crippen LogP contribution is 2.32. The molecule has 0 bridgehead atoms. The number of halogens is 1. The molecule has 0 amide bonds. The first kappa shape index (κ1) is 13.9. The highest BCUT2D eigenvalue weighted by molar-refractivity contribution is 14.1. The Kier molecular flexibility index (Phi) is 4.69. The van der Waals surface area contributed by atoms with Gasteiger partial charge in [0.05, 0.1) is 6.04 Å². The van der Waals surface area contributed by atoms with Crippen molar-refractivity contribution >= 4 is 33.9 Å². The molecule has 1 unspecified atom stereocenters. The topological polar surface area (TPSA) is 37.8 Å². The number of nitrogens with one attached hydrogen (secondary N) is 1. The van der Waals surface area contributed by atoms with Gasteiger partial charge in [-0.05, 0) is 48.5 Å². The van der Waals surface area contributed by atoms with Crippen LogP contribution >= 0.6 is 33.9 Å². The fourth-order valence-corrected chi connectivity index (χ4v) is 3.67. The summed E-state index contributed by atoms with van der Waals surface area (Å²) in [5.74, 6) is 0. The number of hydrogen-bond donors (Lipinski definition) is 1. The lowest BCUT2D eigenvalue weighted by atomic mass is 10.1. The summed E-state index contributed by atoms with van der Waals surface area (Å²) in [5.41, 5.74) is 2.47. The van der Waals surface area contributed by atoms with Crippen molar-refractivity contribution in [3.63, 3.8) is 0 Å². The Bertz CT molecular complexity index is 535. The third-order valence-electron chi connectivity index (χ3n) is 2.92. The van der Waals surface area contributed by atoms with Crippen molar-refractivity contribution in [2.24, 2.45) is 0 Å². The second kappa shape index (κ2) is 6.08. The van der Waals surface area contributed by atoms with Crippen LogP contribution in [-0.4, -0.2) is 17.2 Å². The third-order valence-corrected chi connectivity index (χ3v) is 5.42. The normalized spacial score (nSPS) is 12.7.